The second-order valence-electron chi connectivity index (χ2n) is 4.11. The molecule has 1 atom stereocenters. The molecule has 0 aliphatic heterocycles. The standard InChI is InChI=1S/C14H17BrN2/c1-2-14(12-3-5-13(15)6-4-12)17-10-11-7-8-16-9-11/h3-9,14,16-17H,2,10H2,1H3. The second kappa shape index (κ2) is 6.03. The van der Waals surface area contributed by atoms with E-state index in [9.17, 15) is 0 Å². The largest absolute Gasteiger partial charge is 0.367 e. The Hall–Kier alpha value is -1.06. The van der Waals surface area contributed by atoms with E-state index in [0.717, 1.165) is 17.4 Å². The Bertz CT molecular complexity index is 434. The molecule has 1 aromatic heterocycles. The van der Waals surface area contributed by atoms with Gasteiger partial charge in [0, 0.05) is 29.5 Å². The van der Waals surface area contributed by atoms with Crippen LogP contribution in [0.5, 0.6) is 0 Å². The van der Waals surface area contributed by atoms with Gasteiger partial charge in [0.25, 0.3) is 0 Å². The molecule has 1 heterocycles. The van der Waals surface area contributed by atoms with Gasteiger partial charge in [-0.25, -0.2) is 0 Å². The Morgan fingerprint density at radius 3 is 2.59 bits per heavy atom. The van der Waals surface area contributed by atoms with Gasteiger partial charge >= 0.3 is 0 Å². The van der Waals surface area contributed by atoms with Crippen molar-refractivity contribution in [3.05, 3.63) is 58.3 Å². The summed E-state index contributed by atoms with van der Waals surface area (Å²) in [5.41, 5.74) is 2.63. The highest BCUT2D eigenvalue weighted by molar-refractivity contribution is 9.10. The van der Waals surface area contributed by atoms with E-state index < -0.39 is 0 Å². The summed E-state index contributed by atoms with van der Waals surface area (Å²) in [6.07, 6.45) is 5.07. The van der Waals surface area contributed by atoms with Gasteiger partial charge in [-0.1, -0.05) is 35.0 Å². The number of nitrogens with one attached hydrogen (secondary N) is 2. The summed E-state index contributed by atoms with van der Waals surface area (Å²) in [7, 11) is 0. The minimum atomic E-state index is 0.415. The zero-order valence-electron chi connectivity index (χ0n) is 9.91. The molecule has 0 spiro atoms. The molecule has 0 saturated heterocycles. The van der Waals surface area contributed by atoms with E-state index in [1.807, 2.05) is 12.4 Å². The fourth-order valence-corrected chi connectivity index (χ4v) is 2.17. The van der Waals surface area contributed by atoms with E-state index >= 15 is 0 Å². The topological polar surface area (TPSA) is 27.8 Å². The molecular weight excluding hydrogens is 276 g/mol. The molecule has 1 aromatic carbocycles. The molecule has 2 rings (SSSR count). The highest BCUT2D eigenvalue weighted by atomic mass is 79.9. The van der Waals surface area contributed by atoms with Crippen molar-refractivity contribution in [2.45, 2.75) is 25.9 Å². The van der Waals surface area contributed by atoms with Crippen LogP contribution in [0.4, 0.5) is 0 Å². The predicted molar refractivity (Wildman–Crippen MR) is 74.8 cm³/mol. The van der Waals surface area contributed by atoms with Crippen molar-refractivity contribution in [3.8, 4) is 0 Å². The number of halogens is 1. The molecule has 0 aliphatic rings. The first kappa shape index (κ1) is 12.4. The molecule has 1 unspecified atom stereocenters. The van der Waals surface area contributed by atoms with Gasteiger partial charge in [0.15, 0.2) is 0 Å². The maximum Gasteiger partial charge on any atom is 0.0320 e. The van der Waals surface area contributed by atoms with Gasteiger partial charge in [-0.3, -0.25) is 0 Å². The molecular formula is C14H17BrN2. The maximum absolute atomic E-state index is 3.57. The number of benzene rings is 1. The van der Waals surface area contributed by atoms with Gasteiger partial charge in [-0.2, -0.15) is 0 Å². The molecule has 0 radical (unpaired) electrons. The fraction of sp³-hybridized carbons (Fsp3) is 0.286. The summed E-state index contributed by atoms with van der Waals surface area (Å²) in [4.78, 5) is 3.07. The quantitative estimate of drug-likeness (QED) is 0.856. The minimum absolute atomic E-state index is 0.415. The Balaban J connectivity index is 1.99. The third-order valence-corrected chi connectivity index (χ3v) is 3.42. The monoisotopic (exact) mass is 292 g/mol. The fourth-order valence-electron chi connectivity index (χ4n) is 1.90. The lowest BCUT2D eigenvalue weighted by Crippen LogP contribution is -2.19. The van der Waals surface area contributed by atoms with Crippen LogP contribution in [0.25, 0.3) is 0 Å². The summed E-state index contributed by atoms with van der Waals surface area (Å²) in [6.45, 7) is 3.11. The Labute approximate surface area is 111 Å². The number of aromatic amines is 1. The van der Waals surface area contributed by atoms with Gasteiger partial charge in [0.1, 0.15) is 0 Å². The van der Waals surface area contributed by atoms with Crippen LogP contribution in [0.3, 0.4) is 0 Å². The Morgan fingerprint density at radius 1 is 1.24 bits per heavy atom. The van der Waals surface area contributed by atoms with Crippen molar-refractivity contribution in [2.24, 2.45) is 0 Å². The summed E-state index contributed by atoms with van der Waals surface area (Å²) in [5, 5.41) is 3.57. The molecule has 90 valence electrons. The molecule has 2 nitrogen and oxygen atoms in total. The van der Waals surface area contributed by atoms with E-state index in [0.29, 0.717) is 6.04 Å². The van der Waals surface area contributed by atoms with Crippen LogP contribution in [-0.2, 0) is 6.54 Å². The smallest absolute Gasteiger partial charge is 0.0320 e. The molecule has 2 N–H and O–H groups in total. The van der Waals surface area contributed by atoms with Crippen molar-refractivity contribution < 1.29 is 0 Å². The first-order valence-electron chi connectivity index (χ1n) is 5.90. The number of aromatic nitrogens is 1. The van der Waals surface area contributed by atoms with Crippen LogP contribution >= 0.6 is 15.9 Å². The zero-order valence-corrected chi connectivity index (χ0v) is 11.5. The van der Waals surface area contributed by atoms with E-state index in [2.05, 4.69) is 63.5 Å². The lowest BCUT2D eigenvalue weighted by atomic mass is 10.0. The summed E-state index contributed by atoms with van der Waals surface area (Å²) < 4.78 is 1.13. The van der Waals surface area contributed by atoms with Crippen LogP contribution in [0.15, 0.2) is 47.2 Å². The lowest BCUT2D eigenvalue weighted by Gasteiger charge is -2.17. The average Bonchev–Trinajstić information content (AvgIpc) is 2.85. The highest BCUT2D eigenvalue weighted by Gasteiger charge is 2.08. The third kappa shape index (κ3) is 3.45. The first-order chi connectivity index (χ1) is 8.29. The summed E-state index contributed by atoms with van der Waals surface area (Å²) in [6, 6.07) is 11.0. The van der Waals surface area contributed by atoms with E-state index in [-0.39, 0.29) is 0 Å². The molecule has 3 heteroatoms. The van der Waals surface area contributed by atoms with E-state index in [1.165, 1.54) is 11.1 Å². The van der Waals surface area contributed by atoms with Gasteiger partial charge in [0.05, 0.1) is 0 Å². The number of rotatable bonds is 5. The number of H-pyrrole nitrogens is 1. The predicted octanol–water partition coefficient (Wildman–Crippen LogP) is 4.02. The molecule has 0 bridgehead atoms. The van der Waals surface area contributed by atoms with E-state index in [1.54, 1.807) is 0 Å². The molecule has 2 aromatic rings. The number of hydrogen-bond acceptors (Lipinski definition) is 1. The van der Waals surface area contributed by atoms with Gasteiger partial charge in [-0.15, -0.1) is 0 Å². The van der Waals surface area contributed by atoms with Crippen LogP contribution in [0.2, 0.25) is 0 Å². The van der Waals surface area contributed by atoms with Crippen molar-refractivity contribution in [1.29, 1.82) is 0 Å². The lowest BCUT2D eigenvalue weighted by molar-refractivity contribution is 0.519. The molecule has 0 aliphatic carbocycles. The van der Waals surface area contributed by atoms with Crippen molar-refractivity contribution in [3.63, 3.8) is 0 Å². The van der Waals surface area contributed by atoms with Gasteiger partial charge < -0.3 is 10.3 Å². The van der Waals surface area contributed by atoms with Crippen molar-refractivity contribution >= 4 is 15.9 Å². The SMILES string of the molecule is CCC(NCc1cc[nH]c1)c1ccc(Br)cc1. The molecule has 0 amide bonds. The molecule has 0 fully saturated rings. The van der Waals surface area contributed by atoms with Crippen molar-refractivity contribution in [2.75, 3.05) is 0 Å². The summed E-state index contributed by atoms with van der Waals surface area (Å²) >= 11 is 3.46. The first-order valence-corrected chi connectivity index (χ1v) is 6.69. The molecule has 0 saturated carbocycles. The van der Waals surface area contributed by atoms with Crippen LogP contribution in [0.1, 0.15) is 30.5 Å². The summed E-state index contributed by atoms with van der Waals surface area (Å²) in [5.74, 6) is 0. The van der Waals surface area contributed by atoms with Gasteiger partial charge in [0.2, 0.25) is 0 Å². The number of hydrogen-bond donors (Lipinski definition) is 2. The molecule has 17 heavy (non-hydrogen) atoms. The Morgan fingerprint density at radius 2 is 2.00 bits per heavy atom. The maximum atomic E-state index is 3.57. The average molecular weight is 293 g/mol. The third-order valence-electron chi connectivity index (χ3n) is 2.90. The highest BCUT2D eigenvalue weighted by Crippen LogP contribution is 2.19. The van der Waals surface area contributed by atoms with E-state index in [4.69, 9.17) is 0 Å². The normalized spacial score (nSPS) is 12.6. The van der Waals surface area contributed by atoms with Gasteiger partial charge in [-0.05, 0) is 35.7 Å². The van der Waals surface area contributed by atoms with Crippen LogP contribution in [-0.4, -0.2) is 4.98 Å². The van der Waals surface area contributed by atoms with Crippen LogP contribution in [0, 0.1) is 0 Å². The minimum Gasteiger partial charge on any atom is -0.367 e. The Kier molecular flexibility index (Phi) is 4.40. The van der Waals surface area contributed by atoms with Crippen LogP contribution < -0.4 is 5.32 Å². The zero-order chi connectivity index (χ0) is 12.1. The second-order valence-corrected chi connectivity index (χ2v) is 5.03. The van der Waals surface area contributed by atoms with Crippen molar-refractivity contribution in [1.82, 2.24) is 10.3 Å².